The number of hydrogen-bond donors (Lipinski definition) is 1. The number of nitrogens with one attached hydrogen (secondary N) is 1. The normalized spacial score (nSPS) is 14.0. The Bertz CT molecular complexity index is 996. The van der Waals surface area contributed by atoms with Gasteiger partial charge in [-0.15, -0.1) is 0 Å². The molecular formula is C24H29N3. The molecule has 1 aromatic carbocycles. The summed E-state index contributed by atoms with van der Waals surface area (Å²) in [6.07, 6.45) is 12.3. The minimum absolute atomic E-state index is 0.520. The average molecular weight is 360 g/mol. The van der Waals surface area contributed by atoms with Gasteiger partial charge in [0.2, 0.25) is 0 Å². The molecule has 4 rings (SSSR count). The van der Waals surface area contributed by atoms with Crippen molar-refractivity contribution in [1.82, 2.24) is 14.5 Å². The zero-order valence-corrected chi connectivity index (χ0v) is 16.4. The Hall–Kier alpha value is -2.55. The Balaban J connectivity index is 1.64. The molecule has 140 valence electrons. The van der Waals surface area contributed by atoms with Crippen molar-refractivity contribution >= 4 is 21.9 Å². The molecule has 2 atom stereocenters. The second kappa shape index (κ2) is 7.99. The van der Waals surface area contributed by atoms with E-state index in [1.807, 2.05) is 12.4 Å². The molecule has 2 unspecified atom stereocenters. The second-order valence-corrected chi connectivity index (χ2v) is 7.74. The first-order valence-corrected chi connectivity index (χ1v) is 10.2. The molecule has 3 heteroatoms. The van der Waals surface area contributed by atoms with E-state index in [2.05, 4.69) is 77.0 Å². The number of pyridine rings is 1. The molecule has 0 aliphatic heterocycles. The number of hydrogen-bond acceptors (Lipinski definition) is 1. The maximum atomic E-state index is 4.56. The highest BCUT2D eigenvalue weighted by Crippen LogP contribution is 2.34. The highest BCUT2D eigenvalue weighted by molar-refractivity contribution is 6.02. The Morgan fingerprint density at radius 2 is 1.93 bits per heavy atom. The molecule has 27 heavy (non-hydrogen) atoms. The molecular weight excluding hydrogens is 330 g/mol. The van der Waals surface area contributed by atoms with E-state index < -0.39 is 0 Å². The maximum absolute atomic E-state index is 4.56. The zero-order chi connectivity index (χ0) is 18.6. The topological polar surface area (TPSA) is 33.6 Å². The van der Waals surface area contributed by atoms with Gasteiger partial charge in [-0.25, -0.2) is 4.98 Å². The van der Waals surface area contributed by atoms with Gasteiger partial charge >= 0.3 is 0 Å². The van der Waals surface area contributed by atoms with E-state index in [0.717, 1.165) is 12.1 Å². The van der Waals surface area contributed by atoms with Gasteiger partial charge < -0.3 is 9.55 Å². The third-order valence-electron chi connectivity index (χ3n) is 5.83. The summed E-state index contributed by atoms with van der Waals surface area (Å²) in [5.74, 6) is 0.656. The maximum Gasteiger partial charge on any atom is 0.139 e. The van der Waals surface area contributed by atoms with Gasteiger partial charge in [0, 0.05) is 35.4 Å². The molecule has 0 aliphatic carbocycles. The lowest BCUT2D eigenvalue weighted by molar-refractivity contribution is 0.314. The van der Waals surface area contributed by atoms with Gasteiger partial charge in [0.25, 0.3) is 0 Å². The number of aryl methyl sites for hydroxylation is 1. The van der Waals surface area contributed by atoms with E-state index in [0.29, 0.717) is 12.0 Å². The van der Waals surface area contributed by atoms with Crippen molar-refractivity contribution in [3.8, 4) is 0 Å². The molecule has 3 aromatic heterocycles. The first-order valence-electron chi connectivity index (χ1n) is 10.2. The van der Waals surface area contributed by atoms with E-state index in [4.69, 9.17) is 0 Å². The van der Waals surface area contributed by atoms with Crippen LogP contribution < -0.4 is 0 Å². The molecule has 0 bridgehead atoms. The van der Waals surface area contributed by atoms with Crippen LogP contribution in [0, 0.1) is 5.92 Å². The summed E-state index contributed by atoms with van der Waals surface area (Å²) in [7, 11) is 0. The first kappa shape index (κ1) is 17.8. The fraction of sp³-hybridized carbons (Fsp3) is 0.375. The van der Waals surface area contributed by atoms with Crippen LogP contribution >= 0.6 is 0 Å². The summed E-state index contributed by atoms with van der Waals surface area (Å²) < 4.78 is 2.53. The zero-order valence-electron chi connectivity index (χ0n) is 16.4. The standard InChI is InChI=1S/C24H29N3/c1-3-8-18(2)22(12-7-11-19-9-5-4-6-10-19)27-16-14-20-17-26-24-21(23(20)27)13-15-25-24/h4-6,9-10,13-18,22H,3,7-8,11-12H2,1-2H3,(H,25,26). The van der Waals surface area contributed by atoms with Gasteiger partial charge in [-0.05, 0) is 49.3 Å². The van der Waals surface area contributed by atoms with Crippen molar-refractivity contribution in [2.45, 2.75) is 52.0 Å². The third-order valence-corrected chi connectivity index (χ3v) is 5.83. The molecule has 3 heterocycles. The van der Waals surface area contributed by atoms with Gasteiger partial charge in [-0.3, -0.25) is 0 Å². The fourth-order valence-corrected chi connectivity index (χ4v) is 4.44. The van der Waals surface area contributed by atoms with Crippen LogP contribution in [0.2, 0.25) is 0 Å². The van der Waals surface area contributed by atoms with Crippen LogP contribution in [0.4, 0.5) is 0 Å². The van der Waals surface area contributed by atoms with E-state index in [1.165, 1.54) is 47.5 Å². The SMILES string of the molecule is CCCC(C)C(CCCc1ccccc1)n1ccc2cnc3[nH]ccc3c21. The Kier molecular flexibility index (Phi) is 5.28. The number of rotatable bonds is 8. The van der Waals surface area contributed by atoms with E-state index in [-0.39, 0.29) is 0 Å². The summed E-state index contributed by atoms with van der Waals surface area (Å²) in [4.78, 5) is 7.82. The van der Waals surface area contributed by atoms with E-state index >= 15 is 0 Å². The molecule has 1 N–H and O–H groups in total. The number of aromatic nitrogens is 3. The molecule has 3 nitrogen and oxygen atoms in total. The van der Waals surface area contributed by atoms with Gasteiger partial charge in [0.05, 0.1) is 5.52 Å². The fourth-order valence-electron chi connectivity index (χ4n) is 4.44. The summed E-state index contributed by atoms with van der Waals surface area (Å²) in [5.41, 5.74) is 3.75. The smallest absolute Gasteiger partial charge is 0.139 e. The molecule has 0 saturated carbocycles. The van der Waals surface area contributed by atoms with Crippen LogP contribution in [0.3, 0.4) is 0 Å². The van der Waals surface area contributed by atoms with Gasteiger partial charge in [0.15, 0.2) is 0 Å². The summed E-state index contributed by atoms with van der Waals surface area (Å²) in [5, 5.41) is 2.47. The van der Waals surface area contributed by atoms with E-state index in [1.54, 1.807) is 0 Å². The van der Waals surface area contributed by atoms with Crippen LogP contribution in [0.5, 0.6) is 0 Å². The molecule has 0 fully saturated rings. The molecule has 0 radical (unpaired) electrons. The van der Waals surface area contributed by atoms with Crippen molar-refractivity contribution in [2.24, 2.45) is 5.92 Å². The van der Waals surface area contributed by atoms with Crippen molar-refractivity contribution in [2.75, 3.05) is 0 Å². The minimum Gasteiger partial charge on any atom is -0.346 e. The molecule has 0 saturated heterocycles. The monoisotopic (exact) mass is 359 g/mol. The molecule has 0 aliphatic rings. The van der Waals surface area contributed by atoms with Gasteiger partial charge in [-0.1, -0.05) is 50.6 Å². The largest absolute Gasteiger partial charge is 0.346 e. The number of fused-ring (bicyclic) bond motifs is 3. The predicted octanol–water partition coefficient (Wildman–Crippen LogP) is 6.52. The van der Waals surface area contributed by atoms with Crippen molar-refractivity contribution < 1.29 is 0 Å². The van der Waals surface area contributed by atoms with Gasteiger partial charge in [-0.2, -0.15) is 0 Å². The van der Waals surface area contributed by atoms with Crippen LogP contribution in [-0.4, -0.2) is 14.5 Å². The quantitative estimate of drug-likeness (QED) is 0.382. The number of benzene rings is 1. The highest BCUT2D eigenvalue weighted by atomic mass is 15.0. The van der Waals surface area contributed by atoms with Crippen LogP contribution in [0.1, 0.15) is 51.1 Å². The molecule has 4 aromatic rings. The average Bonchev–Trinajstić information content (AvgIpc) is 3.32. The Morgan fingerprint density at radius 3 is 2.74 bits per heavy atom. The molecule has 0 spiro atoms. The predicted molar refractivity (Wildman–Crippen MR) is 114 cm³/mol. The van der Waals surface area contributed by atoms with Crippen LogP contribution in [-0.2, 0) is 6.42 Å². The summed E-state index contributed by atoms with van der Waals surface area (Å²) in [6, 6.07) is 15.8. The second-order valence-electron chi connectivity index (χ2n) is 7.74. The Morgan fingerprint density at radius 1 is 1.07 bits per heavy atom. The minimum atomic E-state index is 0.520. The lowest BCUT2D eigenvalue weighted by atomic mass is 9.91. The Labute approximate surface area is 161 Å². The van der Waals surface area contributed by atoms with Crippen molar-refractivity contribution in [1.29, 1.82) is 0 Å². The van der Waals surface area contributed by atoms with Crippen molar-refractivity contribution in [3.05, 3.63) is 66.6 Å². The lowest BCUT2D eigenvalue weighted by Gasteiger charge is -2.27. The number of aromatic amines is 1. The first-order chi connectivity index (χ1) is 13.3. The third kappa shape index (κ3) is 3.64. The van der Waals surface area contributed by atoms with Gasteiger partial charge in [0.1, 0.15) is 5.65 Å². The van der Waals surface area contributed by atoms with Crippen molar-refractivity contribution in [3.63, 3.8) is 0 Å². The number of nitrogens with zero attached hydrogens (tertiary/aromatic N) is 2. The molecule has 0 amide bonds. The highest BCUT2D eigenvalue weighted by Gasteiger charge is 2.21. The lowest BCUT2D eigenvalue weighted by Crippen LogP contribution is -2.17. The van der Waals surface area contributed by atoms with Crippen LogP contribution in [0.15, 0.2) is 61.1 Å². The summed E-state index contributed by atoms with van der Waals surface area (Å²) >= 11 is 0. The van der Waals surface area contributed by atoms with Crippen LogP contribution in [0.25, 0.3) is 21.9 Å². The summed E-state index contributed by atoms with van der Waals surface area (Å²) in [6.45, 7) is 4.71. The van der Waals surface area contributed by atoms with E-state index in [9.17, 15) is 0 Å². The number of H-pyrrole nitrogens is 1.